The minimum Gasteiger partial charge on any atom is -0.322 e. The highest BCUT2D eigenvalue weighted by Gasteiger charge is 2.19. The van der Waals surface area contributed by atoms with Crippen molar-refractivity contribution in [1.29, 1.82) is 0 Å². The Hall–Kier alpha value is -1.35. The van der Waals surface area contributed by atoms with Crippen molar-refractivity contribution in [1.82, 2.24) is 4.98 Å². The van der Waals surface area contributed by atoms with Gasteiger partial charge in [-0.05, 0) is 16.6 Å². The van der Waals surface area contributed by atoms with E-state index in [9.17, 15) is 4.79 Å². The Balaban J connectivity index is 2.89. The molecule has 0 fully saturated rings. The number of hydrogen-bond acceptors (Lipinski definition) is 1. The lowest BCUT2D eigenvalue weighted by molar-refractivity contribution is 1.31. The Labute approximate surface area is 90.0 Å². The third-order valence-corrected chi connectivity index (χ3v) is 4.59. The van der Waals surface area contributed by atoms with Crippen LogP contribution < -0.4 is 10.7 Å². The number of aromatic amines is 1. The summed E-state index contributed by atoms with van der Waals surface area (Å²) in [6.45, 7) is 6.77. The molecule has 1 heterocycles. The van der Waals surface area contributed by atoms with Gasteiger partial charge < -0.3 is 4.98 Å². The summed E-state index contributed by atoms with van der Waals surface area (Å²) in [6, 6.07) is 9.77. The largest absolute Gasteiger partial charge is 0.322 e. The number of hydrogen-bond donors (Lipinski definition) is 1. The maximum Gasteiger partial charge on any atom is 0.248 e. The molecule has 3 heteroatoms. The van der Waals surface area contributed by atoms with Crippen LogP contribution in [0.25, 0.3) is 10.9 Å². The van der Waals surface area contributed by atoms with Crippen molar-refractivity contribution in [3.8, 4) is 0 Å². The predicted molar refractivity (Wildman–Crippen MR) is 67.5 cm³/mol. The van der Waals surface area contributed by atoms with Crippen molar-refractivity contribution >= 4 is 24.2 Å². The topological polar surface area (TPSA) is 32.9 Å². The van der Waals surface area contributed by atoms with E-state index < -0.39 is 8.07 Å². The minimum atomic E-state index is -1.45. The van der Waals surface area contributed by atoms with E-state index >= 15 is 0 Å². The third-order valence-electron chi connectivity index (χ3n) is 2.56. The molecule has 0 aliphatic rings. The number of nitrogens with one attached hydrogen (secondary N) is 1. The standard InChI is InChI=1S/C12H15NOSi/c1-15(2,3)11-8-12(14)13-10-7-5-4-6-9(10)11/h4-8H,1-3H3,(H,13,14). The van der Waals surface area contributed by atoms with E-state index in [1.165, 1.54) is 10.6 Å². The lowest BCUT2D eigenvalue weighted by Gasteiger charge is -2.18. The smallest absolute Gasteiger partial charge is 0.248 e. The lowest BCUT2D eigenvalue weighted by atomic mass is 10.2. The molecule has 1 aromatic heterocycles. The Morgan fingerprint density at radius 1 is 1.13 bits per heavy atom. The summed E-state index contributed by atoms with van der Waals surface area (Å²) in [4.78, 5) is 14.4. The van der Waals surface area contributed by atoms with Crippen molar-refractivity contribution < 1.29 is 0 Å². The van der Waals surface area contributed by atoms with Crippen LogP contribution in [-0.2, 0) is 0 Å². The molecule has 0 saturated heterocycles. The quantitative estimate of drug-likeness (QED) is 0.729. The maximum absolute atomic E-state index is 11.5. The molecule has 2 rings (SSSR count). The summed E-state index contributed by atoms with van der Waals surface area (Å²) in [6.07, 6.45) is 0. The number of rotatable bonds is 1. The molecule has 15 heavy (non-hydrogen) atoms. The van der Waals surface area contributed by atoms with Crippen molar-refractivity contribution in [3.63, 3.8) is 0 Å². The highest BCUT2D eigenvalue weighted by Crippen LogP contribution is 2.11. The van der Waals surface area contributed by atoms with Gasteiger partial charge >= 0.3 is 0 Å². The molecule has 2 aromatic rings. The second-order valence-corrected chi connectivity index (χ2v) is 9.88. The van der Waals surface area contributed by atoms with Crippen LogP contribution in [-0.4, -0.2) is 13.1 Å². The zero-order valence-electron chi connectivity index (χ0n) is 9.29. The van der Waals surface area contributed by atoms with Crippen LogP contribution in [0, 0.1) is 0 Å². The fraction of sp³-hybridized carbons (Fsp3) is 0.250. The molecular formula is C12H15NOSi. The van der Waals surface area contributed by atoms with Crippen molar-refractivity contribution in [2.45, 2.75) is 19.6 Å². The zero-order valence-corrected chi connectivity index (χ0v) is 10.3. The number of benzene rings is 1. The second kappa shape index (κ2) is 3.34. The van der Waals surface area contributed by atoms with Crippen LogP contribution in [0.4, 0.5) is 0 Å². The Morgan fingerprint density at radius 2 is 1.80 bits per heavy atom. The van der Waals surface area contributed by atoms with Gasteiger partial charge in [0.15, 0.2) is 0 Å². The first-order valence-electron chi connectivity index (χ1n) is 5.11. The summed E-state index contributed by atoms with van der Waals surface area (Å²) >= 11 is 0. The third kappa shape index (κ3) is 1.88. The normalized spacial score (nSPS) is 11.9. The van der Waals surface area contributed by atoms with E-state index in [2.05, 4.69) is 30.7 Å². The first-order valence-corrected chi connectivity index (χ1v) is 8.61. The average Bonchev–Trinajstić information content (AvgIpc) is 2.15. The first-order chi connectivity index (χ1) is 6.98. The molecular weight excluding hydrogens is 202 g/mol. The van der Waals surface area contributed by atoms with Crippen LogP contribution in [0.15, 0.2) is 35.1 Å². The fourth-order valence-corrected chi connectivity index (χ4v) is 3.42. The molecule has 0 saturated carbocycles. The SMILES string of the molecule is C[Si](C)(C)c1cc(=O)[nH]c2ccccc12. The van der Waals surface area contributed by atoms with Crippen LogP contribution in [0.1, 0.15) is 0 Å². The monoisotopic (exact) mass is 217 g/mol. The van der Waals surface area contributed by atoms with Crippen molar-refractivity contribution in [2.24, 2.45) is 0 Å². The van der Waals surface area contributed by atoms with Crippen LogP contribution in [0.3, 0.4) is 0 Å². The highest BCUT2D eigenvalue weighted by molar-refractivity contribution is 6.90. The number of para-hydroxylation sites is 1. The highest BCUT2D eigenvalue weighted by atomic mass is 28.3. The van der Waals surface area contributed by atoms with Crippen LogP contribution in [0.2, 0.25) is 19.6 Å². The summed E-state index contributed by atoms with van der Waals surface area (Å²) < 4.78 is 0. The molecule has 2 nitrogen and oxygen atoms in total. The summed E-state index contributed by atoms with van der Waals surface area (Å²) in [7, 11) is -1.45. The van der Waals surface area contributed by atoms with E-state index in [1.807, 2.05) is 18.2 Å². The number of aromatic nitrogens is 1. The molecule has 1 aromatic carbocycles. The van der Waals surface area contributed by atoms with Gasteiger partial charge in [-0.15, -0.1) is 0 Å². The molecule has 0 unspecified atom stereocenters. The molecule has 0 radical (unpaired) electrons. The summed E-state index contributed by atoms with van der Waals surface area (Å²) in [5, 5.41) is 2.43. The van der Waals surface area contributed by atoms with Crippen molar-refractivity contribution in [3.05, 3.63) is 40.7 Å². The fourth-order valence-electron chi connectivity index (χ4n) is 1.83. The first kappa shape index (κ1) is 10.2. The molecule has 0 amide bonds. The average molecular weight is 217 g/mol. The van der Waals surface area contributed by atoms with Gasteiger partial charge in [-0.25, -0.2) is 0 Å². The van der Waals surface area contributed by atoms with Crippen LogP contribution >= 0.6 is 0 Å². The number of fused-ring (bicyclic) bond motifs is 1. The Kier molecular flexibility index (Phi) is 2.27. The van der Waals surface area contributed by atoms with Crippen LogP contribution in [0.5, 0.6) is 0 Å². The summed E-state index contributed by atoms with van der Waals surface area (Å²) in [5.41, 5.74) is 0.952. The van der Waals surface area contributed by atoms with Gasteiger partial charge in [-0.3, -0.25) is 4.79 Å². The number of pyridine rings is 1. The molecule has 0 bridgehead atoms. The second-order valence-electron chi connectivity index (χ2n) is 4.84. The Bertz CT molecular complexity index is 551. The molecule has 0 aliphatic carbocycles. The van der Waals surface area contributed by atoms with E-state index in [-0.39, 0.29) is 5.56 Å². The molecule has 78 valence electrons. The molecule has 1 N–H and O–H groups in total. The van der Waals surface area contributed by atoms with Crippen molar-refractivity contribution in [2.75, 3.05) is 0 Å². The zero-order chi connectivity index (χ0) is 11.1. The lowest BCUT2D eigenvalue weighted by Crippen LogP contribution is -2.40. The van der Waals surface area contributed by atoms with Gasteiger partial charge in [0, 0.05) is 11.6 Å². The van der Waals surface area contributed by atoms with Gasteiger partial charge in [-0.2, -0.15) is 0 Å². The summed E-state index contributed by atoms with van der Waals surface area (Å²) in [5.74, 6) is 0. The Morgan fingerprint density at radius 3 is 2.47 bits per heavy atom. The van der Waals surface area contributed by atoms with E-state index in [4.69, 9.17) is 0 Å². The van der Waals surface area contributed by atoms with E-state index in [1.54, 1.807) is 6.07 Å². The predicted octanol–water partition coefficient (Wildman–Crippen LogP) is 2.07. The maximum atomic E-state index is 11.5. The van der Waals surface area contributed by atoms with Gasteiger partial charge in [0.05, 0.1) is 8.07 Å². The van der Waals surface area contributed by atoms with E-state index in [0.29, 0.717) is 0 Å². The van der Waals surface area contributed by atoms with E-state index in [0.717, 1.165) is 5.52 Å². The van der Waals surface area contributed by atoms with Gasteiger partial charge in [0.25, 0.3) is 0 Å². The van der Waals surface area contributed by atoms with Gasteiger partial charge in [0.1, 0.15) is 0 Å². The molecule has 0 spiro atoms. The molecule has 0 aliphatic heterocycles. The van der Waals surface area contributed by atoms with Gasteiger partial charge in [0.2, 0.25) is 5.56 Å². The van der Waals surface area contributed by atoms with Gasteiger partial charge in [-0.1, -0.05) is 37.8 Å². The minimum absolute atomic E-state index is 0.00567. The molecule has 0 atom stereocenters. The number of H-pyrrole nitrogens is 1.